The lowest BCUT2D eigenvalue weighted by molar-refractivity contribution is 0.855. The summed E-state index contributed by atoms with van der Waals surface area (Å²) in [5, 5.41) is 6.96. The molecule has 0 bridgehead atoms. The highest BCUT2D eigenvalue weighted by atomic mass is 127. The molecule has 0 saturated carbocycles. The summed E-state index contributed by atoms with van der Waals surface area (Å²) in [6.07, 6.45) is 6.01. The molecule has 3 nitrogen and oxygen atoms in total. The molecule has 0 atom stereocenters. The minimum atomic E-state index is 0. The second-order valence-corrected chi connectivity index (χ2v) is 4.07. The number of hydrogen-bond donors (Lipinski definition) is 2. The number of benzene rings is 1. The van der Waals surface area contributed by atoms with Crippen LogP contribution in [0.15, 0.2) is 29.3 Å². The number of halogens is 2. The molecule has 0 unspecified atom stereocenters. The second-order valence-electron chi connectivity index (χ2n) is 3.66. The molecule has 0 saturated heterocycles. The van der Waals surface area contributed by atoms with Gasteiger partial charge >= 0.3 is 0 Å². The van der Waals surface area contributed by atoms with E-state index in [-0.39, 0.29) is 24.0 Å². The predicted molar refractivity (Wildman–Crippen MR) is 93.4 cm³/mol. The van der Waals surface area contributed by atoms with Gasteiger partial charge in [0, 0.05) is 18.1 Å². The molecule has 0 heterocycles. The van der Waals surface area contributed by atoms with Gasteiger partial charge in [-0.15, -0.1) is 30.4 Å². The number of aliphatic imine (C=N–C) groups is 1. The molecule has 19 heavy (non-hydrogen) atoms. The van der Waals surface area contributed by atoms with Gasteiger partial charge in [-0.25, -0.2) is 0 Å². The highest BCUT2D eigenvalue weighted by molar-refractivity contribution is 14.0. The lowest BCUT2D eigenvalue weighted by Crippen LogP contribution is -2.37. The molecule has 0 aliphatic carbocycles. The zero-order chi connectivity index (χ0) is 13.2. The molecule has 104 valence electrons. The number of nitrogens with one attached hydrogen (secondary N) is 2. The fourth-order valence-corrected chi connectivity index (χ4v) is 1.70. The number of nitrogens with zero attached hydrogens (tertiary/aromatic N) is 1. The topological polar surface area (TPSA) is 36.4 Å². The van der Waals surface area contributed by atoms with E-state index in [0.29, 0.717) is 13.1 Å². The minimum Gasteiger partial charge on any atom is -0.357 e. The Morgan fingerprint density at radius 3 is 2.74 bits per heavy atom. The van der Waals surface area contributed by atoms with Crippen LogP contribution in [0.3, 0.4) is 0 Å². The number of guanidine groups is 1. The lowest BCUT2D eigenvalue weighted by Gasteiger charge is -2.09. The zero-order valence-electron chi connectivity index (χ0n) is 10.9. The van der Waals surface area contributed by atoms with Crippen LogP contribution in [-0.2, 0) is 6.42 Å². The van der Waals surface area contributed by atoms with Gasteiger partial charge in [-0.2, -0.15) is 0 Å². The zero-order valence-corrected chi connectivity index (χ0v) is 14.0. The number of hydrogen-bond acceptors (Lipinski definition) is 1. The molecule has 0 spiro atoms. The predicted octanol–water partition coefficient (Wildman–Crippen LogP) is 2.69. The molecule has 0 fully saturated rings. The summed E-state index contributed by atoms with van der Waals surface area (Å²) in [5.41, 5.74) is 1.11. The van der Waals surface area contributed by atoms with Crippen LogP contribution in [0.25, 0.3) is 0 Å². The quantitative estimate of drug-likeness (QED) is 0.350. The van der Waals surface area contributed by atoms with E-state index < -0.39 is 0 Å². The average molecular weight is 392 g/mol. The Kier molecular flexibility index (Phi) is 10.4. The summed E-state index contributed by atoms with van der Waals surface area (Å²) in [7, 11) is 0. The minimum absolute atomic E-state index is 0. The maximum absolute atomic E-state index is 6.08. The van der Waals surface area contributed by atoms with Crippen molar-refractivity contribution in [2.75, 3.05) is 19.6 Å². The van der Waals surface area contributed by atoms with Gasteiger partial charge < -0.3 is 10.6 Å². The molecule has 1 rings (SSSR count). The van der Waals surface area contributed by atoms with Gasteiger partial charge in [0.15, 0.2) is 5.96 Å². The van der Waals surface area contributed by atoms with E-state index in [1.807, 2.05) is 31.2 Å². The summed E-state index contributed by atoms with van der Waals surface area (Å²) in [6.45, 7) is 3.96. The molecule has 0 aliphatic rings. The Labute approximate surface area is 137 Å². The molecule has 0 amide bonds. The van der Waals surface area contributed by atoms with Crippen molar-refractivity contribution in [3.63, 3.8) is 0 Å². The Morgan fingerprint density at radius 2 is 2.11 bits per heavy atom. The normalized spacial score (nSPS) is 10.3. The van der Waals surface area contributed by atoms with Crippen LogP contribution in [0.2, 0.25) is 5.02 Å². The Hall–Kier alpha value is -0.930. The van der Waals surface area contributed by atoms with Crippen LogP contribution in [0.1, 0.15) is 12.5 Å². The van der Waals surface area contributed by atoms with Crippen molar-refractivity contribution in [2.24, 2.45) is 4.99 Å². The molecule has 0 aromatic heterocycles. The number of rotatable bonds is 5. The van der Waals surface area contributed by atoms with Crippen molar-refractivity contribution >= 4 is 41.5 Å². The molecule has 1 aromatic rings. The Bertz CT molecular complexity index is 441. The van der Waals surface area contributed by atoms with Gasteiger partial charge in [0.25, 0.3) is 0 Å². The van der Waals surface area contributed by atoms with Crippen molar-refractivity contribution in [1.82, 2.24) is 10.6 Å². The summed E-state index contributed by atoms with van der Waals surface area (Å²) in [6, 6.07) is 7.81. The second kappa shape index (κ2) is 10.9. The first-order valence-corrected chi connectivity index (χ1v) is 6.34. The van der Waals surface area contributed by atoms with Crippen LogP contribution in [0, 0.1) is 12.3 Å². The number of terminal acetylenes is 1. The van der Waals surface area contributed by atoms with Crippen LogP contribution in [0.5, 0.6) is 0 Å². The monoisotopic (exact) mass is 391 g/mol. The third-order valence-corrected chi connectivity index (χ3v) is 2.68. The van der Waals surface area contributed by atoms with Crippen molar-refractivity contribution in [2.45, 2.75) is 13.3 Å². The fourth-order valence-electron chi connectivity index (χ4n) is 1.47. The molecule has 0 radical (unpaired) electrons. The third-order valence-electron chi connectivity index (χ3n) is 2.31. The summed E-state index contributed by atoms with van der Waals surface area (Å²) >= 11 is 6.08. The van der Waals surface area contributed by atoms with Gasteiger partial charge in [-0.3, -0.25) is 4.99 Å². The molecular weight excluding hydrogens is 373 g/mol. The van der Waals surface area contributed by atoms with Gasteiger partial charge in [0.05, 0.1) is 6.54 Å². The van der Waals surface area contributed by atoms with E-state index >= 15 is 0 Å². The lowest BCUT2D eigenvalue weighted by atomic mass is 10.1. The fraction of sp³-hybridized carbons (Fsp3) is 0.357. The van der Waals surface area contributed by atoms with Crippen molar-refractivity contribution in [3.05, 3.63) is 34.9 Å². The maximum Gasteiger partial charge on any atom is 0.192 e. The van der Waals surface area contributed by atoms with E-state index in [4.69, 9.17) is 18.0 Å². The van der Waals surface area contributed by atoms with E-state index in [9.17, 15) is 0 Å². The largest absolute Gasteiger partial charge is 0.357 e. The van der Waals surface area contributed by atoms with Gasteiger partial charge in [-0.05, 0) is 25.0 Å². The summed E-state index contributed by atoms with van der Waals surface area (Å²) in [5.74, 6) is 3.26. The van der Waals surface area contributed by atoms with Crippen LogP contribution >= 0.6 is 35.6 Å². The van der Waals surface area contributed by atoms with Gasteiger partial charge in [0.2, 0.25) is 0 Å². The van der Waals surface area contributed by atoms with Crippen molar-refractivity contribution in [1.29, 1.82) is 0 Å². The Morgan fingerprint density at radius 1 is 1.37 bits per heavy atom. The van der Waals surface area contributed by atoms with Crippen LogP contribution in [0.4, 0.5) is 0 Å². The molecule has 2 N–H and O–H groups in total. The van der Waals surface area contributed by atoms with E-state index in [1.54, 1.807) is 0 Å². The smallest absolute Gasteiger partial charge is 0.192 e. The Balaban J connectivity index is 0.00000324. The molecule has 1 aromatic carbocycles. The molecular formula is C14H19ClIN3. The average Bonchev–Trinajstić information content (AvgIpc) is 2.38. The molecule has 0 aliphatic heterocycles. The standard InChI is InChI=1S/C14H18ClN3.HI/c1-3-10-17-14(16-4-2)18-11-9-12-7-5-6-8-13(12)15;/h1,5-8H,4,9-11H2,2H3,(H2,16,17,18);1H. The SMILES string of the molecule is C#CCNC(=NCCc1ccccc1Cl)NCC.I. The van der Waals surface area contributed by atoms with Gasteiger partial charge in [0.1, 0.15) is 0 Å². The highest BCUT2D eigenvalue weighted by Crippen LogP contribution is 2.15. The first-order valence-electron chi connectivity index (χ1n) is 5.97. The van der Waals surface area contributed by atoms with Crippen LogP contribution in [-0.4, -0.2) is 25.6 Å². The van der Waals surface area contributed by atoms with E-state index in [2.05, 4.69) is 21.5 Å². The van der Waals surface area contributed by atoms with Crippen LogP contribution < -0.4 is 10.6 Å². The van der Waals surface area contributed by atoms with E-state index in [1.165, 1.54) is 0 Å². The third kappa shape index (κ3) is 7.28. The first-order chi connectivity index (χ1) is 8.77. The van der Waals surface area contributed by atoms with E-state index in [0.717, 1.165) is 29.5 Å². The molecule has 5 heteroatoms. The highest BCUT2D eigenvalue weighted by Gasteiger charge is 1.99. The van der Waals surface area contributed by atoms with Crippen molar-refractivity contribution < 1.29 is 0 Å². The summed E-state index contributed by atoms with van der Waals surface area (Å²) < 4.78 is 0. The summed E-state index contributed by atoms with van der Waals surface area (Å²) in [4.78, 5) is 4.43. The maximum atomic E-state index is 6.08. The van der Waals surface area contributed by atoms with Crippen molar-refractivity contribution in [3.8, 4) is 12.3 Å². The van der Waals surface area contributed by atoms with Gasteiger partial charge in [-0.1, -0.05) is 35.7 Å². The first kappa shape index (κ1) is 18.1.